The van der Waals surface area contributed by atoms with Crippen LogP contribution in [0.2, 0.25) is 0 Å². The summed E-state index contributed by atoms with van der Waals surface area (Å²) in [5.41, 5.74) is 0.0713. The van der Waals surface area contributed by atoms with Gasteiger partial charge in [0.2, 0.25) is 0 Å². The van der Waals surface area contributed by atoms with Gasteiger partial charge in [0.1, 0.15) is 5.60 Å². The summed E-state index contributed by atoms with van der Waals surface area (Å²) in [6.07, 6.45) is 2.02. The van der Waals surface area contributed by atoms with Crippen molar-refractivity contribution in [2.45, 2.75) is 32.8 Å². The Kier molecular flexibility index (Phi) is 3.97. The van der Waals surface area contributed by atoms with Crippen molar-refractivity contribution in [2.75, 3.05) is 6.61 Å². The molecule has 1 heterocycles. The maximum atomic E-state index is 11.9. The zero-order valence-corrected chi connectivity index (χ0v) is 9.49. The number of aromatic nitrogens is 1. The fourth-order valence-electron chi connectivity index (χ4n) is 1.32. The third-order valence-electron chi connectivity index (χ3n) is 2.24. The minimum absolute atomic E-state index is 0.0584. The molecule has 1 aromatic rings. The van der Waals surface area contributed by atoms with Crippen LogP contribution in [-0.4, -0.2) is 23.0 Å². The highest BCUT2D eigenvalue weighted by Gasteiger charge is 2.27. The van der Waals surface area contributed by atoms with Crippen molar-refractivity contribution in [1.82, 2.24) is 4.98 Å². The lowest BCUT2D eigenvalue weighted by atomic mass is 9.99. The van der Waals surface area contributed by atoms with Crippen LogP contribution in [0.25, 0.3) is 0 Å². The largest absolute Gasteiger partial charge is 0.368 e. The summed E-state index contributed by atoms with van der Waals surface area (Å²) in [5, 5.41) is 0. The van der Waals surface area contributed by atoms with Gasteiger partial charge in [-0.3, -0.25) is 9.78 Å². The molecule has 0 atom stereocenters. The van der Waals surface area contributed by atoms with E-state index in [1.165, 1.54) is 0 Å². The molecule has 0 N–H and O–H groups in total. The van der Waals surface area contributed by atoms with Crippen LogP contribution in [0.3, 0.4) is 0 Å². The van der Waals surface area contributed by atoms with E-state index in [9.17, 15) is 4.79 Å². The molecule has 0 saturated carbocycles. The average Bonchev–Trinajstić information content (AvgIpc) is 2.19. The van der Waals surface area contributed by atoms with Crippen molar-refractivity contribution in [2.24, 2.45) is 0 Å². The molecule has 0 aliphatic heterocycles. The van der Waals surface area contributed by atoms with Gasteiger partial charge in [-0.2, -0.15) is 0 Å². The molecule has 0 saturated heterocycles. The van der Waals surface area contributed by atoms with E-state index < -0.39 is 5.60 Å². The van der Waals surface area contributed by atoms with E-state index in [1.807, 2.05) is 25.1 Å². The second-order valence-corrected chi connectivity index (χ2v) is 3.86. The minimum atomic E-state index is -0.716. The molecule has 0 aliphatic rings. The molecule has 0 spiro atoms. The van der Waals surface area contributed by atoms with Crippen LogP contribution in [0, 0.1) is 0 Å². The number of nitrogens with zero attached hydrogens (tertiary/aromatic N) is 1. The van der Waals surface area contributed by atoms with Crippen LogP contribution in [0.5, 0.6) is 0 Å². The van der Waals surface area contributed by atoms with E-state index in [0.717, 1.165) is 5.69 Å². The molecular formula is C12H17NO2. The Labute approximate surface area is 90.5 Å². The first-order valence-electron chi connectivity index (χ1n) is 5.13. The quantitative estimate of drug-likeness (QED) is 0.741. The number of pyridine rings is 1. The Morgan fingerprint density at radius 1 is 1.47 bits per heavy atom. The zero-order chi connectivity index (χ0) is 11.3. The fraction of sp³-hybridized carbons (Fsp3) is 0.500. The number of rotatable bonds is 5. The van der Waals surface area contributed by atoms with Gasteiger partial charge < -0.3 is 4.74 Å². The van der Waals surface area contributed by atoms with Crippen LogP contribution in [0.1, 0.15) is 26.5 Å². The predicted octanol–water partition coefficient (Wildman–Crippen LogP) is 2.01. The highest BCUT2D eigenvalue weighted by Crippen LogP contribution is 2.13. The summed E-state index contributed by atoms with van der Waals surface area (Å²) in [5.74, 6) is 0.0584. The van der Waals surface area contributed by atoms with Crippen molar-refractivity contribution in [3.8, 4) is 0 Å². The smallest absolute Gasteiger partial charge is 0.169 e. The Morgan fingerprint density at radius 2 is 2.20 bits per heavy atom. The monoisotopic (exact) mass is 207 g/mol. The number of carbonyl (C=O) groups excluding carboxylic acids is 1. The minimum Gasteiger partial charge on any atom is -0.368 e. The second-order valence-electron chi connectivity index (χ2n) is 3.86. The van der Waals surface area contributed by atoms with E-state index in [4.69, 9.17) is 4.74 Å². The lowest BCUT2D eigenvalue weighted by Crippen LogP contribution is -2.36. The Balaban J connectivity index is 2.63. The van der Waals surface area contributed by atoms with E-state index in [1.54, 1.807) is 20.0 Å². The number of hydrogen-bond acceptors (Lipinski definition) is 3. The van der Waals surface area contributed by atoms with Crippen LogP contribution in [-0.2, 0) is 16.0 Å². The maximum absolute atomic E-state index is 11.9. The Morgan fingerprint density at radius 3 is 2.73 bits per heavy atom. The zero-order valence-electron chi connectivity index (χ0n) is 9.49. The SMILES string of the molecule is CCOC(C)(C)C(=O)Cc1ccccn1. The van der Waals surface area contributed by atoms with Gasteiger partial charge in [-0.15, -0.1) is 0 Å². The molecule has 0 fully saturated rings. The Hall–Kier alpha value is -1.22. The topological polar surface area (TPSA) is 39.2 Å². The second kappa shape index (κ2) is 5.03. The van der Waals surface area contributed by atoms with Crippen LogP contribution >= 0.6 is 0 Å². The first-order chi connectivity index (χ1) is 7.06. The van der Waals surface area contributed by atoms with Crippen molar-refractivity contribution < 1.29 is 9.53 Å². The number of ketones is 1. The molecule has 3 nitrogen and oxygen atoms in total. The summed E-state index contributed by atoms with van der Waals surface area (Å²) in [6.45, 7) is 6.01. The van der Waals surface area contributed by atoms with Crippen molar-refractivity contribution in [3.63, 3.8) is 0 Å². The van der Waals surface area contributed by atoms with Gasteiger partial charge in [0, 0.05) is 18.5 Å². The Bertz CT molecular complexity index is 320. The average molecular weight is 207 g/mol. The third kappa shape index (κ3) is 3.44. The number of hydrogen-bond donors (Lipinski definition) is 0. The van der Waals surface area contributed by atoms with Gasteiger partial charge >= 0.3 is 0 Å². The molecule has 0 aromatic carbocycles. The molecule has 82 valence electrons. The molecule has 15 heavy (non-hydrogen) atoms. The first-order valence-corrected chi connectivity index (χ1v) is 5.13. The lowest BCUT2D eigenvalue weighted by molar-refractivity contribution is -0.139. The van der Waals surface area contributed by atoms with Gasteiger partial charge in [-0.05, 0) is 32.9 Å². The maximum Gasteiger partial charge on any atom is 0.169 e. The molecule has 1 rings (SSSR count). The van der Waals surface area contributed by atoms with Crippen LogP contribution < -0.4 is 0 Å². The van der Waals surface area contributed by atoms with Gasteiger partial charge in [0.15, 0.2) is 5.78 Å². The summed E-state index contributed by atoms with van der Waals surface area (Å²) in [6, 6.07) is 5.56. The summed E-state index contributed by atoms with van der Waals surface area (Å²) in [7, 11) is 0. The summed E-state index contributed by atoms with van der Waals surface area (Å²) >= 11 is 0. The normalized spacial score (nSPS) is 11.4. The van der Waals surface area contributed by atoms with E-state index in [2.05, 4.69) is 4.98 Å². The van der Waals surface area contributed by atoms with Crippen molar-refractivity contribution >= 4 is 5.78 Å². The van der Waals surface area contributed by atoms with Crippen molar-refractivity contribution in [1.29, 1.82) is 0 Å². The number of Topliss-reactive ketones (excluding diaryl/α,β-unsaturated/α-hetero) is 1. The molecule has 1 aromatic heterocycles. The number of carbonyl (C=O) groups is 1. The van der Waals surface area contributed by atoms with Crippen LogP contribution in [0.15, 0.2) is 24.4 Å². The summed E-state index contributed by atoms with van der Waals surface area (Å²) in [4.78, 5) is 16.0. The highest BCUT2D eigenvalue weighted by atomic mass is 16.5. The fourth-order valence-corrected chi connectivity index (χ4v) is 1.32. The van der Waals surface area contributed by atoms with E-state index in [0.29, 0.717) is 13.0 Å². The lowest BCUT2D eigenvalue weighted by Gasteiger charge is -2.22. The van der Waals surface area contributed by atoms with Gasteiger partial charge in [0.05, 0.1) is 6.42 Å². The molecule has 0 aliphatic carbocycles. The molecular weight excluding hydrogens is 190 g/mol. The van der Waals surface area contributed by atoms with E-state index in [-0.39, 0.29) is 5.78 Å². The van der Waals surface area contributed by atoms with Crippen LogP contribution in [0.4, 0.5) is 0 Å². The first kappa shape index (κ1) is 11.9. The molecule has 0 bridgehead atoms. The standard InChI is InChI=1S/C12H17NO2/c1-4-15-12(2,3)11(14)9-10-7-5-6-8-13-10/h5-8H,4,9H2,1-3H3. The molecule has 3 heteroatoms. The third-order valence-corrected chi connectivity index (χ3v) is 2.24. The van der Waals surface area contributed by atoms with Gasteiger partial charge in [-0.25, -0.2) is 0 Å². The molecule has 0 radical (unpaired) electrons. The van der Waals surface area contributed by atoms with Gasteiger partial charge in [-0.1, -0.05) is 6.07 Å². The highest BCUT2D eigenvalue weighted by molar-refractivity contribution is 5.88. The summed E-state index contributed by atoms with van der Waals surface area (Å²) < 4.78 is 5.39. The molecule has 0 amide bonds. The van der Waals surface area contributed by atoms with E-state index >= 15 is 0 Å². The predicted molar refractivity (Wildman–Crippen MR) is 58.7 cm³/mol. The molecule has 0 unspecified atom stereocenters. The van der Waals surface area contributed by atoms with Gasteiger partial charge in [0.25, 0.3) is 0 Å². The number of ether oxygens (including phenoxy) is 1. The van der Waals surface area contributed by atoms with Crippen molar-refractivity contribution in [3.05, 3.63) is 30.1 Å².